The largest absolute Gasteiger partial charge is 0.345 e. The Labute approximate surface area is 150 Å². The van der Waals surface area contributed by atoms with Crippen molar-refractivity contribution < 1.29 is 0 Å². The van der Waals surface area contributed by atoms with Crippen molar-refractivity contribution in [2.75, 3.05) is 0 Å². The van der Waals surface area contributed by atoms with E-state index < -0.39 is 0 Å². The highest BCUT2D eigenvalue weighted by molar-refractivity contribution is 5.56. The molecule has 0 atom stereocenters. The Morgan fingerprint density at radius 1 is 1.16 bits per heavy atom. The lowest BCUT2D eigenvalue weighted by molar-refractivity contribution is 0.434. The van der Waals surface area contributed by atoms with Crippen molar-refractivity contribution in [3.05, 3.63) is 69.4 Å². The van der Waals surface area contributed by atoms with E-state index >= 15 is 0 Å². The second-order valence-electron chi connectivity index (χ2n) is 7.34. The highest BCUT2D eigenvalue weighted by Gasteiger charge is 2.22. The smallest absolute Gasteiger partial charge is 0.309 e. The zero-order valence-electron chi connectivity index (χ0n) is 15.3. The van der Waals surface area contributed by atoms with Gasteiger partial charge in [0.05, 0.1) is 5.69 Å². The molecule has 1 N–H and O–H groups in total. The number of H-pyrrole nitrogens is 1. The number of aromatic nitrogens is 2. The lowest BCUT2D eigenvalue weighted by Gasteiger charge is -2.24. The number of rotatable bonds is 5. The molecule has 132 valence electrons. The molecule has 0 amide bonds. The van der Waals surface area contributed by atoms with E-state index in [9.17, 15) is 4.79 Å². The van der Waals surface area contributed by atoms with E-state index in [1.165, 1.54) is 24.8 Å². The van der Waals surface area contributed by atoms with Gasteiger partial charge in [0.1, 0.15) is 0 Å². The van der Waals surface area contributed by atoms with E-state index in [1.807, 2.05) is 6.07 Å². The van der Waals surface area contributed by atoms with Crippen LogP contribution in [0.1, 0.15) is 80.3 Å². The fourth-order valence-corrected chi connectivity index (χ4v) is 3.77. The molecule has 0 aliphatic heterocycles. The number of benzene rings is 1. The molecule has 1 aliphatic carbocycles. The Morgan fingerprint density at radius 3 is 2.56 bits per heavy atom. The summed E-state index contributed by atoms with van der Waals surface area (Å²) < 4.78 is 0. The summed E-state index contributed by atoms with van der Waals surface area (Å²) in [4.78, 5) is 19.5. The van der Waals surface area contributed by atoms with Crippen LogP contribution in [-0.4, -0.2) is 9.97 Å². The monoisotopic (exact) mass is 336 g/mol. The third kappa shape index (κ3) is 4.47. The minimum Gasteiger partial charge on any atom is -0.309 e. The van der Waals surface area contributed by atoms with Gasteiger partial charge >= 0.3 is 5.69 Å². The summed E-state index contributed by atoms with van der Waals surface area (Å²) >= 11 is 0. The molecule has 2 aromatic rings. The van der Waals surface area contributed by atoms with Crippen molar-refractivity contribution in [3.8, 4) is 0 Å². The van der Waals surface area contributed by atoms with Gasteiger partial charge in [-0.1, -0.05) is 75.6 Å². The summed E-state index contributed by atoms with van der Waals surface area (Å²) in [6, 6.07) is 10.5. The van der Waals surface area contributed by atoms with Crippen molar-refractivity contribution >= 4 is 6.08 Å². The van der Waals surface area contributed by atoms with E-state index in [0.29, 0.717) is 5.92 Å². The second-order valence-corrected chi connectivity index (χ2v) is 7.34. The number of aromatic amines is 1. The maximum Gasteiger partial charge on any atom is 0.345 e. The molecule has 0 bridgehead atoms. The Morgan fingerprint density at radius 2 is 1.88 bits per heavy atom. The molecule has 1 fully saturated rings. The van der Waals surface area contributed by atoms with Crippen LogP contribution < -0.4 is 5.69 Å². The first-order valence-electron chi connectivity index (χ1n) is 9.49. The summed E-state index contributed by atoms with van der Waals surface area (Å²) in [5.41, 5.74) is 4.25. The van der Waals surface area contributed by atoms with Gasteiger partial charge in [-0.2, -0.15) is 4.98 Å². The Bertz CT molecular complexity index is 768. The van der Waals surface area contributed by atoms with Crippen LogP contribution >= 0.6 is 0 Å². The molecule has 3 rings (SSSR count). The van der Waals surface area contributed by atoms with Crippen molar-refractivity contribution in [2.45, 2.75) is 64.2 Å². The maximum absolute atomic E-state index is 12.1. The predicted molar refractivity (Wildman–Crippen MR) is 104 cm³/mol. The van der Waals surface area contributed by atoms with E-state index in [1.54, 1.807) is 0 Å². The summed E-state index contributed by atoms with van der Waals surface area (Å²) in [7, 11) is 0. The van der Waals surface area contributed by atoms with E-state index in [0.717, 1.165) is 36.2 Å². The topological polar surface area (TPSA) is 45.8 Å². The number of nitrogens with zero attached hydrogens (tertiary/aromatic N) is 1. The van der Waals surface area contributed by atoms with Gasteiger partial charge in [0, 0.05) is 11.3 Å². The summed E-state index contributed by atoms with van der Waals surface area (Å²) in [5, 5.41) is 0. The van der Waals surface area contributed by atoms with Crippen molar-refractivity contribution in [2.24, 2.45) is 0 Å². The number of hydrogen-bond donors (Lipinski definition) is 1. The molecule has 25 heavy (non-hydrogen) atoms. The second kappa shape index (κ2) is 8.28. The van der Waals surface area contributed by atoms with Gasteiger partial charge in [-0.15, -0.1) is 0 Å². The van der Waals surface area contributed by atoms with Gasteiger partial charge in [0.25, 0.3) is 0 Å². The minimum atomic E-state index is -0.204. The molecule has 3 nitrogen and oxygen atoms in total. The van der Waals surface area contributed by atoms with Crippen LogP contribution in [0, 0.1) is 0 Å². The molecular formula is C22H28N2O. The summed E-state index contributed by atoms with van der Waals surface area (Å²) in [6.07, 6.45) is 11.4. The summed E-state index contributed by atoms with van der Waals surface area (Å²) in [6.45, 7) is 4.22. The average molecular weight is 336 g/mol. The highest BCUT2D eigenvalue weighted by atomic mass is 16.1. The molecular weight excluding hydrogens is 308 g/mol. The number of allylic oxidation sites excluding steroid dienone is 1. The normalized spacial score (nSPS) is 16.0. The predicted octanol–water partition coefficient (Wildman–Crippen LogP) is 5.20. The Kier molecular flexibility index (Phi) is 5.85. The zero-order chi connectivity index (χ0) is 17.6. The molecule has 1 aromatic carbocycles. The van der Waals surface area contributed by atoms with Gasteiger partial charge in [0.15, 0.2) is 0 Å². The fourth-order valence-electron chi connectivity index (χ4n) is 3.77. The van der Waals surface area contributed by atoms with E-state index in [4.69, 9.17) is 0 Å². The van der Waals surface area contributed by atoms with Gasteiger partial charge in [-0.25, -0.2) is 4.79 Å². The first kappa shape index (κ1) is 17.7. The maximum atomic E-state index is 12.1. The Balaban J connectivity index is 1.95. The molecule has 0 saturated heterocycles. The van der Waals surface area contributed by atoms with Crippen LogP contribution in [0.15, 0.2) is 41.2 Å². The van der Waals surface area contributed by atoms with Gasteiger partial charge in [-0.05, 0) is 36.7 Å². The van der Waals surface area contributed by atoms with E-state index in [2.05, 4.69) is 60.2 Å². The van der Waals surface area contributed by atoms with E-state index in [-0.39, 0.29) is 11.6 Å². The SMILES string of the molecule is CC(C)c1nc(=O)[nH]c(C2CCCCC2)c1/C=C/Cc1ccccc1. The first-order valence-corrected chi connectivity index (χ1v) is 9.49. The molecule has 1 heterocycles. The lowest BCUT2D eigenvalue weighted by atomic mass is 9.84. The standard InChI is InChI=1S/C22H28N2O/c1-16(2)20-19(15-9-12-17-10-5-3-6-11-17)21(24-22(25)23-20)18-13-7-4-8-14-18/h3,5-6,9-11,15-16,18H,4,7-8,12-14H2,1-2H3,(H,23,24,25)/b15-9+. The van der Waals surface area contributed by atoms with Gasteiger partial charge in [-0.3, -0.25) is 0 Å². The van der Waals surface area contributed by atoms with Crippen molar-refractivity contribution in [1.29, 1.82) is 0 Å². The van der Waals surface area contributed by atoms with Gasteiger partial charge < -0.3 is 4.98 Å². The van der Waals surface area contributed by atoms with Crippen molar-refractivity contribution in [3.63, 3.8) is 0 Å². The third-order valence-electron chi connectivity index (χ3n) is 5.07. The van der Waals surface area contributed by atoms with Crippen LogP contribution in [0.25, 0.3) is 6.08 Å². The fraction of sp³-hybridized carbons (Fsp3) is 0.455. The minimum absolute atomic E-state index is 0.204. The third-order valence-corrected chi connectivity index (χ3v) is 5.07. The Hall–Kier alpha value is -2.16. The van der Waals surface area contributed by atoms with Crippen LogP contribution in [0.3, 0.4) is 0 Å². The average Bonchev–Trinajstić information content (AvgIpc) is 2.64. The molecule has 0 spiro atoms. The summed E-state index contributed by atoms with van der Waals surface area (Å²) in [5.74, 6) is 0.694. The molecule has 1 aromatic heterocycles. The molecule has 0 radical (unpaired) electrons. The van der Waals surface area contributed by atoms with Crippen LogP contribution in [0.2, 0.25) is 0 Å². The molecule has 1 saturated carbocycles. The van der Waals surface area contributed by atoms with Crippen LogP contribution in [0.5, 0.6) is 0 Å². The van der Waals surface area contributed by atoms with Crippen LogP contribution in [-0.2, 0) is 6.42 Å². The zero-order valence-corrected chi connectivity index (χ0v) is 15.3. The molecule has 0 unspecified atom stereocenters. The van der Waals surface area contributed by atoms with Crippen LogP contribution in [0.4, 0.5) is 0 Å². The van der Waals surface area contributed by atoms with Gasteiger partial charge in [0.2, 0.25) is 0 Å². The number of nitrogens with one attached hydrogen (secondary N) is 1. The molecule has 1 aliphatic rings. The highest BCUT2D eigenvalue weighted by Crippen LogP contribution is 2.35. The lowest BCUT2D eigenvalue weighted by Crippen LogP contribution is -2.21. The van der Waals surface area contributed by atoms with Crippen molar-refractivity contribution in [1.82, 2.24) is 9.97 Å². The first-order chi connectivity index (χ1) is 12.1. The quantitative estimate of drug-likeness (QED) is 0.816. The molecule has 3 heteroatoms. The number of hydrogen-bond acceptors (Lipinski definition) is 2.